The fraction of sp³-hybridized carbons (Fsp3) is 0.312. The highest BCUT2D eigenvalue weighted by molar-refractivity contribution is 9.10. The van der Waals surface area contributed by atoms with Crippen LogP contribution in [-0.4, -0.2) is 24.5 Å². The molecule has 0 aliphatic rings. The Bertz CT molecular complexity index is 569. The standard InChI is InChI=1S/C16H18BrNO3/c1-18(12-13-6-4-10-20-13)16(19)9-5-11-21-15-8-3-2-7-14(15)17/h2-4,6-8,10H,5,9,11-12H2,1H3. The summed E-state index contributed by atoms with van der Waals surface area (Å²) in [4.78, 5) is 13.6. The zero-order valence-electron chi connectivity index (χ0n) is 11.9. The van der Waals surface area contributed by atoms with Gasteiger partial charge in [-0.3, -0.25) is 4.79 Å². The first kappa shape index (κ1) is 15.6. The van der Waals surface area contributed by atoms with Crippen LogP contribution in [-0.2, 0) is 11.3 Å². The molecule has 1 aromatic heterocycles. The second-order valence-corrected chi connectivity index (χ2v) is 5.57. The number of carbonyl (C=O) groups is 1. The number of hydrogen-bond donors (Lipinski definition) is 0. The molecule has 0 fully saturated rings. The van der Waals surface area contributed by atoms with Crippen LogP contribution >= 0.6 is 15.9 Å². The maximum atomic E-state index is 12.0. The van der Waals surface area contributed by atoms with Crippen LogP contribution < -0.4 is 4.74 Å². The van der Waals surface area contributed by atoms with E-state index in [4.69, 9.17) is 9.15 Å². The molecule has 0 aliphatic carbocycles. The quantitative estimate of drug-likeness (QED) is 0.711. The van der Waals surface area contributed by atoms with Gasteiger partial charge in [0, 0.05) is 13.5 Å². The number of amides is 1. The van der Waals surface area contributed by atoms with E-state index < -0.39 is 0 Å². The molecule has 5 heteroatoms. The molecule has 0 bridgehead atoms. The summed E-state index contributed by atoms with van der Waals surface area (Å²) in [6, 6.07) is 11.4. The van der Waals surface area contributed by atoms with Crippen molar-refractivity contribution >= 4 is 21.8 Å². The van der Waals surface area contributed by atoms with E-state index in [-0.39, 0.29) is 5.91 Å². The van der Waals surface area contributed by atoms with Crippen molar-refractivity contribution in [1.29, 1.82) is 0 Å². The van der Waals surface area contributed by atoms with Crippen molar-refractivity contribution in [3.63, 3.8) is 0 Å². The van der Waals surface area contributed by atoms with Crippen LogP contribution in [0.25, 0.3) is 0 Å². The Hall–Kier alpha value is -1.75. The molecule has 0 radical (unpaired) electrons. The second-order valence-electron chi connectivity index (χ2n) is 4.71. The predicted molar refractivity (Wildman–Crippen MR) is 84.1 cm³/mol. The maximum Gasteiger partial charge on any atom is 0.222 e. The molecule has 0 saturated heterocycles. The molecule has 112 valence electrons. The van der Waals surface area contributed by atoms with E-state index >= 15 is 0 Å². The van der Waals surface area contributed by atoms with Gasteiger partial charge in [0.2, 0.25) is 5.91 Å². The summed E-state index contributed by atoms with van der Waals surface area (Å²) >= 11 is 3.42. The van der Waals surface area contributed by atoms with Crippen LogP contribution in [0, 0.1) is 0 Å². The number of ether oxygens (including phenoxy) is 1. The summed E-state index contributed by atoms with van der Waals surface area (Å²) in [6.07, 6.45) is 2.75. The third-order valence-electron chi connectivity index (χ3n) is 3.03. The highest BCUT2D eigenvalue weighted by atomic mass is 79.9. The Labute approximate surface area is 132 Å². The SMILES string of the molecule is CN(Cc1ccco1)C(=O)CCCOc1ccccc1Br. The van der Waals surface area contributed by atoms with Crippen LogP contribution in [0.5, 0.6) is 5.75 Å². The van der Waals surface area contributed by atoms with Crippen molar-refractivity contribution in [2.75, 3.05) is 13.7 Å². The lowest BCUT2D eigenvalue weighted by atomic mass is 10.3. The monoisotopic (exact) mass is 351 g/mol. The topological polar surface area (TPSA) is 42.7 Å². The number of benzene rings is 1. The van der Waals surface area contributed by atoms with Crippen molar-refractivity contribution in [2.45, 2.75) is 19.4 Å². The molecular weight excluding hydrogens is 334 g/mol. The van der Waals surface area contributed by atoms with Gasteiger partial charge in [-0.2, -0.15) is 0 Å². The van der Waals surface area contributed by atoms with Crippen LogP contribution in [0.15, 0.2) is 51.6 Å². The average molecular weight is 352 g/mol. The third kappa shape index (κ3) is 4.93. The van der Waals surface area contributed by atoms with E-state index in [0.29, 0.717) is 26.0 Å². The highest BCUT2D eigenvalue weighted by Gasteiger charge is 2.10. The number of furan rings is 1. The van der Waals surface area contributed by atoms with Crippen LogP contribution in [0.3, 0.4) is 0 Å². The van der Waals surface area contributed by atoms with Crippen LogP contribution in [0.2, 0.25) is 0 Å². The van der Waals surface area contributed by atoms with E-state index in [9.17, 15) is 4.79 Å². The van der Waals surface area contributed by atoms with Gasteiger partial charge in [-0.1, -0.05) is 12.1 Å². The minimum atomic E-state index is 0.0853. The molecule has 1 amide bonds. The minimum absolute atomic E-state index is 0.0853. The normalized spacial score (nSPS) is 10.4. The van der Waals surface area contributed by atoms with Gasteiger partial charge in [0.15, 0.2) is 0 Å². The third-order valence-corrected chi connectivity index (χ3v) is 3.68. The largest absolute Gasteiger partial charge is 0.492 e. The van der Waals surface area contributed by atoms with Crippen molar-refractivity contribution < 1.29 is 13.9 Å². The molecule has 21 heavy (non-hydrogen) atoms. The fourth-order valence-corrected chi connectivity index (χ4v) is 2.28. The lowest BCUT2D eigenvalue weighted by Crippen LogP contribution is -2.26. The maximum absolute atomic E-state index is 12.0. The molecule has 0 spiro atoms. The Kier molecular flexibility index (Phi) is 5.87. The van der Waals surface area contributed by atoms with Crippen molar-refractivity contribution in [3.05, 3.63) is 52.9 Å². The number of halogens is 1. The summed E-state index contributed by atoms with van der Waals surface area (Å²) in [5, 5.41) is 0. The Morgan fingerprint density at radius 3 is 2.81 bits per heavy atom. The molecule has 2 aromatic rings. The molecule has 0 atom stereocenters. The van der Waals surface area contributed by atoms with Gasteiger partial charge >= 0.3 is 0 Å². The zero-order chi connectivity index (χ0) is 15.1. The number of nitrogens with zero attached hydrogens (tertiary/aromatic N) is 1. The smallest absolute Gasteiger partial charge is 0.222 e. The van der Waals surface area contributed by atoms with Gasteiger partial charge in [-0.05, 0) is 46.6 Å². The van der Waals surface area contributed by atoms with E-state index in [1.807, 2.05) is 36.4 Å². The van der Waals surface area contributed by atoms with Gasteiger partial charge in [-0.25, -0.2) is 0 Å². The first-order valence-electron chi connectivity index (χ1n) is 6.80. The van der Waals surface area contributed by atoms with E-state index in [2.05, 4.69) is 15.9 Å². The van der Waals surface area contributed by atoms with Gasteiger partial charge in [0.05, 0.1) is 23.9 Å². The zero-order valence-corrected chi connectivity index (χ0v) is 13.5. The first-order chi connectivity index (χ1) is 10.2. The Morgan fingerprint density at radius 2 is 2.10 bits per heavy atom. The number of rotatable bonds is 7. The number of hydrogen-bond acceptors (Lipinski definition) is 3. The molecule has 0 aliphatic heterocycles. The lowest BCUT2D eigenvalue weighted by molar-refractivity contribution is -0.130. The summed E-state index contributed by atoms with van der Waals surface area (Å²) in [5.41, 5.74) is 0. The van der Waals surface area contributed by atoms with Gasteiger partial charge < -0.3 is 14.1 Å². The fourth-order valence-electron chi connectivity index (χ4n) is 1.88. The molecule has 0 N–H and O–H groups in total. The van der Waals surface area contributed by atoms with Gasteiger partial charge in [-0.15, -0.1) is 0 Å². The molecule has 1 aromatic carbocycles. The van der Waals surface area contributed by atoms with Crippen molar-refractivity contribution in [1.82, 2.24) is 4.90 Å². The average Bonchev–Trinajstić information content (AvgIpc) is 2.98. The van der Waals surface area contributed by atoms with E-state index in [1.54, 1.807) is 18.2 Å². The summed E-state index contributed by atoms with van der Waals surface area (Å²) in [7, 11) is 1.78. The molecule has 1 heterocycles. The van der Waals surface area contributed by atoms with Gasteiger partial charge in [0.25, 0.3) is 0 Å². The summed E-state index contributed by atoms with van der Waals surface area (Å²) < 4.78 is 11.8. The minimum Gasteiger partial charge on any atom is -0.492 e. The Balaban J connectivity index is 1.68. The van der Waals surface area contributed by atoms with Gasteiger partial charge in [0.1, 0.15) is 11.5 Å². The lowest BCUT2D eigenvalue weighted by Gasteiger charge is -2.15. The predicted octanol–water partition coefficient (Wildman–Crippen LogP) is 3.86. The van der Waals surface area contributed by atoms with E-state index in [1.165, 1.54) is 0 Å². The van der Waals surface area contributed by atoms with E-state index in [0.717, 1.165) is 16.0 Å². The summed E-state index contributed by atoms with van der Waals surface area (Å²) in [5.74, 6) is 1.67. The number of carbonyl (C=O) groups excluding carboxylic acids is 1. The van der Waals surface area contributed by atoms with Crippen LogP contribution in [0.4, 0.5) is 0 Å². The highest BCUT2D eigenvalue weighted by Crippen LogP contribution is 2.23. The van der Waals surface area contributed by atoms with Crippen molar-refractivity contribution in [2.24, 2.45) is 0 Å². The summed E-state index contributed by atoms with van der Waals surface area (Å²) in [6.45, 7) is 1.01. The molecular formula is C16H18BrNO3. The molecule has 0 saturated carbocycles. The second kappa shape index (κ2) is 7.88. The molecule has 2 rings (SSSR count). The number of para-hydroxylation sites is 1. The first-order valence-corrected chi connectivity index (χ1v) is 7.60. The molecule has 4 nitrogen and oxygen atoms in total. The Morgan fingerprint density at radius 1 is 1.29 bits per heavy atom. The molecule has 0 unspecified atom stereocenters. The van der Waals surface area contributed by atoms with Crippen molar-refractivity contribution in [3.8, 4) is 5.75 Å². The van der Waals surface area contributed by atoms with Crippen LogP contribution in [0.1, 0.15) is 18.6 Å².